The number of amidine groups is 1. The maximum absolute atomic E-state index is 11.6. The van der Waals surface area contributed by atoms with Crippen LogP contribution in [0.15, 0.2) is 24.3 Å². The van der Waals surface area contributed by atoms with E-state index in [0.29, 0.717) is 5.56 Å². The fraction of sp³-hybridized carbons (Fsp3) is 0.500. The molecule has 1 aromatic rings. The first-order chi connectivity index (χ1) is 9.81. The molecule has 116 valence electrons. The van der Waals surface area contributed by atoms with E-state index in [0.717, 1.165) is 25.1 Å². The number of ether oxygens (including phenoxy) is 1. The van der Waals surface area contributed by atoms with Crippen molar-refractivity contribution in [3.8, 4) is 0 Å². The van der Waals surface area contributed by atoms with E-state index in [-0.39, 0.29) is 5.84 Å². The molecule has 0 aliphatic carbocycles. The molecule has 5 heteroatoms. The van der Waals surface area contributed by atoms with Crippen LogP contribution in [0.1, 0.15) is 45.2 Å². The molecule has 21 heavy (non-hydrogen) atoms. The van der Waals surface area contributed by atoms with Crippen molar-refractivity contribution in [1.82, 2.24) is 10.6 Å². The van der Waals surface area contributed by atoms with Gasteiger partial charge in [0.25, 0.3) is 0 Å². The van der Waals surface area contributed by atoms with E-state index < -0.39 is 11.7 Å². The summed E-state index contributed by atoms with van der Waals surface area (Å²) in [6, 6.07) is 7.54. The van der Waals surface area contributed by atoms with Crippen molar-refractivity contribution in [1.29, 1.82) is 5.41 Å². The van der Waals surface area contributed by atoms with E-state index in [4.69, 9.17) is 10.1 Å². The standard InChI is InChI=1S/C16H25N3O2/c1-5-10-18-11-12-6-8-13(9-7-12)14(17)19-15(20)21-16(2,3)4/h6-9,18H,5,10-11H2,1-4H3,(H2,17,19,20). The minimum Gasteiger partial charge on any atom is -0.444 e. The molecule has 0 saturated carbocycles. The van der Waals surface area contributed by atoms with Gasteiger partial charge in [0.2, 0.25) is 0 Å². The molecule has 0 aromatic heterocycles. The summed E-state index contributed by atoms with van der Waals surface area (Å²) in [4.78, 5) is 11.6. The first-order valence-corrected chi connectivity index (χ1v) is 7.20. The molecule has 0 atom stereocenters. The first kappa shape index (κ1) is 17.2. The first-order valence-electron chi connectivity index (χ1n) is 7.20. The fourth-order valence-electron chi connectivity index (χ4n) is 1.68. The van der Waals surface area contributed by atoms with Crippen LogP contribution < -0.4 is 10.6 Å². The Morgan fingerprint density at radius 1 is 1.24 bits per heavy atom. The molecule has 0 unspecified atom stereocenters. The van der Waals surface area contributed by atoms with Crippen LogP contribution in [0.3, 0.4) is 0 Å². The molecule has 1 aromatic carbocycles. The molecule has 0 saturated heterocycles. The van der Waals surface area contributed by atoms with Gasteiger partial charge in [0.05, 0.1) is 0 Å². The molecular weight excluding hydrogens is 266 g/mol. The van der Waals surface area contributed by atoms with Gasteiger partial charge in [0.15, 0.2) is 0 Å². The number of benzene rings is 1. The van der Waals surface area contributed by atoms with Crippen molar-refractivity contribution < 1.29 is 9.53 Å². The lowest BCUT2D eigenvalue weighted by Gasteiger charge is -2.19. The molecule has 3 N–H and O–H groups in total. The van der Waals surface area contributed by atoms with Crippen LogP contribution in [0.4, 0.5) is 4.79 Å². The monoisotopic (exact) mass is 291 g/mol. The van der Waals surface area contributed by atoms with Crippen LogP contribution in [0, 0.1) is 5.41 Å². The zero-order valence-corrected chi connectivity index (χ0v) is 13.2. The number of amides is 1. The largest absolute Gasteiger partial charge is 0.444 e. The summed E-state index contributed by atoms with van der Waals surface area (Å²) in [5, 5.41) is 13.6. The third kappa shape index (κ3) is 6.90. The molecule has 0 aliphatic rings. The Labute approximate surface area is 126 Å². The summed E-state index contributed by atoms with van der Waals surface area (Å²) in [5.41, 5.74) is 1.23. The zero-order valence-electron chi connectivity index (χ0n) is 13.2. The van der Waals surface area contributed by atoms with Gasteiger partial charge in [-0.15, -0.1) is 0 Å². The van der Waals surface area contributed by atoms with E-state index in [9.17, 15) is 4.79 Å². The molecule has 5 nitrogen and oxygen atoms in total. The van der Waals surface area contributed by atoms with Crippen molar-refractivity contribution in [3.05, 3.63) is 35.4 Å². The topological polar surface area (TPSA) is 74.2 Å². The minimum absolute atomic E-state index is 0.0392. The predicted octanol–water partition coefficient (Wildman–Crippen LogP) is 3.04. The van der Waals surface area contributed by atoms with Crippen LogP contribution in [0.5, 0.6) is 0 Å². The molecule has 0 radical (unpaired) electrons. The van der Waals surface area contributed by atoms with E-state index in [1.54, 1.807) is 20.8 Å². The Bertz CT molecular complexity index is 475. The average molecular weight is 291 g/mol. The van der Waals surface area contributed by atoms with E-state index in [2.05, 4.69) is 17.6 Å². The van der Waals surface area contributed by atoms with Crippen LogP contribution in [-0.2, 0) is 11.3 Å². The molecule has 0 heterocycles. The van der Waals surface area contributed by atoms with Gasteiger partial charge in [-0.3, -0.25) is 10.7 Å². The third-order valence-corrected chi connectivity index (χ3v) is 2.62. The molecule has 1 rings (SSSR count). The lowest BCUT2D eigenvalue weighted by molar-refractivity contribution is 0.0563. The van der Waals surface area contributed by atoms with Gasteiger partial charge in [-0.25, -0.2) is 4.79 Å². The van der Waals surface area contributed by atoms with Crippen molar-refractivity contribution in [2.45, 2.75) is 46.3 Å². The number of hydrogen-bond acceptors (Lipinski definition) is 4. The van der Waals surface area contributed by atoms with Crippen molar-refractivity contribution >= 4 is 11.9 Å². The number of alkyl carbamates (subject to hydrolysis) is 1. The van der Waals surface area contributed by atoms with Gasteiger partial charge in [-0.05, 0) is 39.3 Å². The average Bonchev–Trinajstić information content (AvgIpc) is 2.37. The highest BCUT2D eigenvalue weighted by molar-refractivity contribution is 6.04. The summed E-state index contributed by atoms with van der Waals surface area (Å²) in [7, 11) is 0. The number of hydrogen-bond donors (Lipinski definition) is 3. The second-order valence-corrected chi connectivity index (χ2v) is 5.88. The van der Waals surface area contributed by atoms with E-state index in [1.807, 2.05) is 24.3 Å². The van der Waals surface area contributed by atoms with Crippen LogP contribution in [-0.4, -0.2) is 24.1 Å². The van der Waals surface area contributed by atoms with Gasteiger partial charge >= 0.3 is 6.09 Å². The van der Waals surface area contributed by atoms with Crippen LogP contribution >= 0.6 is 0 Å². The Morgan fingerprint density at radius 3 is 2.38 bits per heavy atom. The summed E-state index contributed by atoms with van der Waals surface area (Å²) in [6.07, 6.45) is 0.490. The maximum Gasteiger partial charge on any atom is 0.413 e. The van der Waals surface area contributed by atoms with E-state index >= 15 is 0 Å². The molecule has 0 aliphatic heterocycles. The fourth-order valence-corrected chi connectivity index (χ4v) is 1.68. The number of carbonyl (C=O) groups excluding carboxylic acids is 1. The summed E-state index contributed by atoms with van der Waals surface area (Å²) in [6.45, 7) is 9.27. The molecule has 0 spiro atoms. The third-order valence-electron chi connectivity index (χ3n) is 2.62. The minimum atomic E-state index is -0.610. The lowest BCUT2D eigenvalue weighted by Crippen LogP contribution is -2.36. The Kier molecular flexibility index (Phi) is 6.37. The zero-order chi connectivity index (χ0) is 15.9. The second kappa shape index (κ2) is 7.78. The Morgan fingerprint density at radius 2 is 1.86 bits per heavy atom. The van der Waals surface area contributed by atoms with Crippen LogP contribution in [0.2, 0.25) is 0 Å². The van der Waals surface area contributed by atoms with Gasteiger partial charge in [-0.1, -0.05) is 31.2 Å². The summed E-state index contributed by atoms with van der Waals surface area (Å²) in [5.74, 6) is 0.0392. The smallest absolute Gasteiger partial charge is 0.413 e. The molecular formula is C16H25N3O2. The maximum atomic E-state index is 11.6. The number of nitrogens with one attached hydrogen (secondary N) is 3. The highest BCUT2D eigenvalue weighted by atomic mass is 16.6. The predicted molar refractivity (Wildman–Crippen MR) is 84.6 cm³/mol. The molecule has 0 bridgehead atoms. The highest BCUT2D eigenvalue weighted by Gasteiger charge is 2.17. The number of rotatable bonds is 5. The molecule has 0 fully saturated rings. The molecule has 1 amide bonds. The van der Waals surface area contributed by atoms with Gasteiger partial charge < -0.3 is 10.1 Å². The van der Waals surface area contributed by atoms with Crippen molar-refractivity contribution in [2.75, 3.05) is 6.54 Å². The van der Waals surface area contributed by atoms with Crippen molar-refractivity contribution in [2.24, 2.45) is 0 Å². The van der Waals surface area contributed by atoms with Crippen LogP contribution in [0.25, 0.3) is 0 Å². The number of carbonyl (C=O) groups is 1. The summed E-state index contributed by atoms with van der Waals surface area (Å²) >= 11 is 0. The van der Waals surface area contributed by atoms with E-state index in [1.165, 1.54) is 0 Å². The SMILES string of the molecule is CCCNCc1ccc(C(=N)NC(=O)OC(C)(C)C)cc1. The van der Waals surface area contributed by atoms with Gasteiger partial charge in [0.1, 0.15) is 11.4 Å². The second-order valence-electron chi connectivity index (χ2n) is 5.88. The summed E-state index contributed by atoms with van der Waals surface area (Å²) < 4.78 is 5.12. The van der Waals surface area contributed by atoms with Gasteiger partial charge in [0, 0.05) is 12.1 Å². The highest BCUT2D eigenvalue weighted by Crippen LogP contribution is 2.08. The van der Waals surface area contributed by atoms with Crippen molar-refractivity contribution in [3.63, 3.8) is 0 Å². The lowest BCUT2D eigenvalue weighted by atomic mass is 10.1. The normalized spacial score (nSPS) is 11.0. The Hall–Kier alpha value is -1.88. The Balaban J connectivity index is 2.53. The van der Waals surface area contributed by atoms with Gasteiger partial charge in [-0.2, -0.15) is 0 Å². The quantitative estimate of drug-likeness (QED) is 0.443.